The van der Waals surface area contributed by atoms with Gasteiger partial charge in [-0.3, -0.25) is 0 Å². The molecule has 0 aromatic carbocycles. The van der Waals surface area contributed by atoms with Crippen LogP contribution in [0, 0.1) is 11.3 Å². The van der Waals surface area contributed by atoms with Crippen LogP contribution in [-0.4, -0.2) is 22.2 Å². The lowest BCUT2D eigenvalue weighted by Crippen LogP contribution is -2.38. The summed E-state index contributed by atoms with van der Waals surface area (Å²) in [6.07, 6.45) is 5.11. The standard InChI is InChI=1S/C15H21N3O/c1-3-15(2,10-19)18-14-12(9-16)8-11-6-4-5-7-13(11)17-14/h8,19H,3-7,10H2,1-2H3,(H,17,18). The Hall–Kier alpha value is -1.60. The van der Waals surface area contributed by atoms with E-state index in [0.29, 0.717) is 11.4 Å². The van der Waals surface area contributed by atoms with E-state index in [1.165, 1.54) is 12.0 Å². The Morgan fingerprint density at radius 3 is 2.84 bits per heavy atom. The Labute approximate surface area is 114 Å². The first-order chi connectivity index (χ1) is 9.11. The number of hydrogen-bond acceptors (Lipinski definition) is 4. The summed E-state index contributed by atoms with van der Waals surface area (Å²) in [5, 5.41) is 22.0. The minimum absolute atomic E-state index is 0.0210. The molecule has 2 N–H and O–H groups in total. The number of aliphatic hydroxyl groups excluding tert-OH is 1. The van der Waals surface area contributed by atoms with E-state index in [-0.39, 0.29) is 6.61 Å². The van der Waals surface area contributed by atoms with Crippen LogP contribution in [0.4, 0.5) is 5.82 Å². The van der Waals surface area contributed by atoms with Gasteiger partial charge in [-0.25, -0.2) is 4.98 Å². The van der Waals surface area contributed by atoms with Crippen molar-refractivity contribution >= 4 is 5.82 Å². The normalized spacial score (nSPS) is 17.2. The largest absolute Gasteiger partial charge is 0.394 e. The molecule has 0 bridgehead atoms. The van der Waals surface area contributed by atoms with E-state index in [2.05, 4.69) is 16.4 Å². The molecule has 1 heterocycles. The Morgan fingerprint density at radius 1 is 1.47 bits per heavy atom. The zero-order valence-corrected chi connectivity index (χ0v) is 11.7. The molecule has 0 aliphatic heterocycles. The predicted molar refractivity (Wildman–Crippen MR) is 75.0 cm³/mol. The fourth-order valence-electron chi connectivity index (χ4n) is 2.34. The molecule has 1 aromatic heterocycles. The van der Waals surface area contributed by atoms with Crippen LogP contribution in [0.5, 0.6) is 0 Å². The maximum Gasteiger partial charge on any atom is 0.144 e. The zero-order valence-electron chi connectivity index (χ0n) is 11.7. The average Bonchev–Trinajstić information content (AvgIpc) is 2.46. The first kappa shape index (κ1) is 13.8. The second-order valence-corrected chi connectivity index (χ2v) is 5.51. The van der Waals surface area contributed by atoms with Gasteiger partial charge in [0.15, 0.2) is 0 Å². The summed E-state index contributed by atoms with van der Waals surface area (Å²) in [6, 6.07) is 4.17. The highest BCUT2D eigenvalue weighted by molar-refractivity contribution is 5.56. The number of hydrogen-bond donors (Lipinski definition) is 2. The van der Waals surface area contributed by atoms with Crippen LogP contribution in [0.1, 0.15) is 49.9 Å². The predicted octanol–water partition coefficient (Wildman–Crippen LogP) is 2.40. The van der Waals surface area contributed by atoms with Gasteiger partial charge in [-0.15, -0.1) is 0 Å². The zero-order chi connectivity index (χ0) is 13.9. The molecule has 4 heteroatoms. The van der Waals surface area contributed by atoms with Crippen molar-refractivity contribution in [1.82, 2.24) is 4.98 Å². The van der Waals surface area contributed by atoms with Crippen molar-refractivity contribution in [3.63, 3.8) is 0 Å². The second-order valence-electron chi connectivity index (χ2n) is 5.51. The Kier molecular flexibility index (Phi) is 4.06. The maximum absolute atomic E-state index is 9.48. The number of fused-ring (bicyclic) bond motifs is 1. The third-order valence-electron chi connectivity index (χ3n) is 3.97. The lowest BCUT2D eigenvalue weighted by Gasteiger charge is -2.29. The highest BCUT2D eigenvalue weighted by atomic mass is 16.3. The first-order valence-corrected chi connectivity index (χ1v) is 6.94. The van der Waals surface area contributed by atoms with Crippen LogP contribution >= 0.6 is 0 Å². The summed E-state index contributed by atoms with van der Waals surface area (Å²) >= 11 is 0. The lowest BCUT2D eigenvalue weighted by molar-refractivity contribution is 0.218. The van der Waals surface area contributed by atoms with Gasteiger partial charge in [-0.2, -0.15) is 5.26 Å². The third-order valence-corrected chi connectivity index (χ3v) is 3.97. The van der Waals surface area contributed by atoms with Crippen molar-refractivity contribution in [3.05, 3.63) is 22.9 Å². The van der Waals surface area contributed by atoms with E-state index in [9.17, 15) is 10.4 Å². The Balaban J connectivity index is 2.37. The summed E-state index contributed by atoms with van der Waals surface area (Å²) in [5.41, 5.74) is 2.45. The molecule has 1 aromatic rings. The molecule has 19 heavy (non-hydrogen) atoms. The lowest BCUT2D eigenvalue weighted by atomic mass is 9.94. The molecule has 2 rings (SSSR count). The van der Waals surface area contributed by atoms with Gasteiger partial charge in [0, 0.05) is 5.69 Å². The number of aryl methyl sites for hydroxylation is 2. The summed E-state index contributed by atoms with van der Waals surface area (Å²) in [4.78, 5) is 4.62. The number of pyridine rings is 1. The highest BCUT2D eigenvalue weighted by Gasteiger charge is 2.24. The monoisotopic (exact) mass is 259 g/mol. The van der Waals surface area contributed by atoms with E-state index < -0.39 is 5.54 Å². The molecular formula is C15H21N3O. The Bertz CT molecular complexity index is 501. The van der Waals surface area contributed by atoms with Crippen LogP contribution in [0.2, 0.25) is 0 Å². The molecular weight excluding hydrogens is 238 g/mol. The summed E-state index contributed by atoms with van der Waals surface area (Å²) in [5.74, 6) is 0.613. The van der Waals surface area contributed by atoms with E-state index in [1.54, 1.807) is 0 Å². The van der Waals surface area contributed by atoms with E-state index in [4.69, 9.17) is 0 Å². The van der Waals surface area contributed by atoms with Crippen molar-refractivity contribution < 1.29 is 5.11 Å². The first-order valence-electron chi connectivity index (χ1n) is 6.94. The Morgan fingerprint density at radius 2 is 2.21 bits per heavy atom. The minimum atomic E-state index is -0.429. The van der Waals surface area contributed by atoms with Crippen LogP contribution in [0.3, 0.4) is 0 Å². The van der Waals surface area contributed by atoms with Gasteiger partial charge in [0.25, 0.3) is 0 Å². The van der Waals surface area contributed by atoms with Crippen molar-refractivity contribution in [2.45, 2.75) is 51.5 Å². The van der Waals surface area contributed by atoms with Gasteiger partial charge in [-0.1, -0.05) is 6.92 Å². The average molecular weight is 259 g/mol. The maximum atomic E-state index is 9.48. The number of aliphatic hydroxyl groups is 1. The molecule has 1 aliphatic carbocycles. The van der Waals surface area contributed by atoms with Crippen molar-refractivity contribution in [1.29, 1.82) is 5.26 Å². The molecule has 0 spiro atoms. The number of nitriles is 1. The van der Waals surface area contributed by atoms with E-state index >= 15 is 0 Å². The molecule has 0 fully saturated rings. The number of rotatable bonds is 4. The van der Waals surface area contributed by atoms with Gasteiger partial charge < -0.3 is 10.4 Å². The van der Waals surface area contributed by atoms with Crippen LogP contribution in [0.15, 0.2) is 6.07 Å². The molecule has 1 unspecified atom stereocenters. The van der Waals surface area contributed by atoms with Gasteiger partial charge in [0.1, 0.15) is 11.9 Å². The molecule has 0 radical (unpaired) electrons. The number of anilines is 1. The summed E-state index contributed by atoms with van der Waals surface area (Å²) < 4.78 is 0. The molecule has 4 nitrogen and oxygen atoms in total. The topological polar surface area (TPSA) is 68.9 Å². The second kappa shape index (κ2) is 5.58. The van der Waals surface area contributed by atoms with Crippen LogP contribution < -0.4 is 5.32 Å². The smallest absolute Gasteiger partial charge is 0.144 e. The molecule has 1 atom stereocenters. The van der Waals surface area contributed by atoms with E-state index in [0.717, 1.165) is 31.4 Å². The van der Waals surface area contributed by atoms with Crippen LogP contribution in [0.25, 0.3) is 0 Å². The molecule has 1 aliphatic rings. The van der Waals surface area contributed by atoms with E-state index in [1.807, 2.05) is 19.9 Å². The molecule has 0 saturated carbocycles. The SMILES string of the molecule is CCC(C)(CO)Nc1nc2c(cc1C#N)CCCC2. The van der Waals surface area contributed by atoms with Crippen molar-refractivity contribution in [2.75, 3.05) is 11.9 Å². The molecule has 0 amide bonds. The van der Waals surface area contributed by atoms with Gasteiger partial charge in [0.05, 0.1) is 17.7 Å². The number of aromatic nitrogens is 1. The quantitative estimate of drug-likeness (QED) is 0.871. The summed E-state index contributed by atoms with van der Waals surface area (Å²) in [7, 11) is 0. The van der Waals surface area contributed by atoms with Gasteiger partial charge in [-0.05, 0) is 50.7 Å². The third kappa shape index (κ3) is 2.87. The fourth-order valence-corrected chi connectivity index (χ4v) is 2.34. The number of nitrogens with zero attached hydrogens (tertiary/aromatic N) is 2. The van der Waals surface area contributed by atoms with Gasteiger partial charge >= 0.3 is 0 Å². The fraction of sp³-hybridized carbons (Fsp3) is 0.600. The molecule has 0 saturated heterocycles. The highest BCUT2D eigenvalue weighted by Crippen LogP contribution is 2.26. The number of nitrogens with one attached hydrogen (secondary N) is 1. The summed E-state index contributed by atoms with van der Waals surface area (Å²) in [6.45, 7) is 3.97. The molecule has 102 valence electrons. The van der Waals surface area contributed by atoms with Crippen LogP contribution in [-0.2, 0) is 12.8 Å². The van der Waals surface area contributed by atoms with Crippen molar-refractivity contribution in [2.24, 2.45) is 0 Å². The van der Waals surface area contributed by atoms with Gasteiger partial charge in [0.2, 0.25) is 0 Å². The minimum Gasteiger partial charge on any atom is -0.394 e. The van der Waals surface area contributed by atoms with Crippen molar-refractivity contribution in [3.8, 4) is 6.07 Å².